The molecule has 0 spiro atoms. The molecule has 1 N–H and O–H groups in total. The van der Waals surface area contributed by atoms with Crippen molar-refractivity contribution in [1.29, 1.82) is 0 Å². The van der Waals surface area contributed by atoms with Crippen molar-refractivity contribution < 1.29 is 14.7 Å². The first-order valence-corrected chi connectivity index (χ1v) is 7.74. The molecule has 1 fully saturated rings. The number of likely N-dealkylation sites (N-methyl/N-ethyl adjacent to an activating group) is 2. The second-order valence-electron chi connectivity index (χ2n) is 6.08. The number of hydrogen-bond donors (Lipinski definition) is 1. The van der Waals surface area contributed by atoms with Crippen LogP contribution < -0.4 is 0 Å². The highest BCUT2D eigenvalue weighted by atomic mass is 16.4. The monoisotopic (exact) mass is 299 g/mol. The molecule has 0 radical (unpaired) electrons. The Kier molecular flexibility index (Phi) is 7.67. The normalized spacial score (nSPS) is 17.1. The summed E-state index contributed by atoms with van der Waals surface area (Å²) in [7, 11) is 6.07. The fourth-order valence-electron chi connectivity index (χ4n) is 2.63. The number of piperidine rings is 1. The maximum Gasteiger partial charge on any atom is 0.303 e. The molecular formula is C15H29N3O3. The number of rotatable bonds is 8. The Bertz CT molecular complexity index is 341. The van der Waals surface area contributed by atoms with E-state index in [2.05, 4.69) is 23.9 Å². The van der Waals surface area contributed by atoms with E-state index in [4.69, 9.17) is 5.11 Å². The smallest absolute Gasteiger partial charge is 0.303 e. The van der Waals surface area contributed by atoms with E-state index in [1.807, 2.05) is 0 Å². The quantitative estimate of drug-likeness (QED) is 0.716. The van der Waals surface area contributed by atoms with Crippen molar-refractivity contribution in [2.45, 2.75) is 38.1 Å². The third kappa shape index (κ3) is 6.91. The van der Waals surface area contributed by atoms with Gasteiger partial charge in [0, 0.05) is 39.0 Å². The topological polar surface area (TPSA) is 64.1 Å². The lowest BCUT2D eigenvalue weighted by molar-refractivity contribution is -0.137. The van der Waals surface area contributed by atoms with Gasteiger partial charge in [-0.25, -0.2) is 0 Å². The van der Waals surface area contributed by atoms with Crippen LogP contribution in [0, 0.1) is 0 Å². The van der Waals surface area contributed by atoms with Gasteiger partial charge in [0.1, 0.15) is 0 Å². The molecule has 0 unspecified atom stereocenters. The Balaban J connectivity index is 2.20. The number of hydrogen-bond acceptors (Lipinski definition) is 4. The molecule has 6 heteroatoms. The lowest BCUT2D eigenvalue weighted by atomic mass is 10.0. The van der Waals surface area contributed by atoms with Crippen LogP contribution in [0.3, 0.4) is 0 Å². The highest BCUT2D eigenvalue weighted by molar-refractivity contribution is 5.76. The lowest BCUT2D eigenvalue weighted by Crippen LogP contribution is -2.44. The molecule has 0 saturated carbocycles. The van der Waals surface area contributed by atoms with Crippen molar-refractivity contribution in [2.24, 2.45) is 0 Å². The van der Waals surface area contributed by atoms with E-state index in [1.165, 1.54) is 12.8 Å². The Morgan fingerprint density at radius 2 is 1.76 bits per heavy atom. The zero-order valence-corrected chi connectivity index (χ0v) is 13.5. The Morgan fingerprint density at radius 1 is 1.14 bits per heavy atom. The molecule has 0 atom stereocenters. The molecule has 1 aliphatic heterocycles. The Labute approximate surface area is 127 Å². The van der Waals surface area contributed by atoms with E-state index in [1.54, 1.807) is 11.9 Å². The molecule has 0 bridgehead atoms. The van der Waals surface area contributed by atoms with E-state index in [9.17, 15) is 9.59 Å². The van der Waals surface area contributed by atoms with Crippen molar-refractivity contribution in [2.75, 3.05) is 47.3 Å². The summed E-state index contributed by atoms with van der Waals surface area (Å²) in [6, 6.07) is 0.608. The standard InChI is InChI=1S/C15H29N3O3/c1-16-9-7-13(8-10-16)17(2)11-12-18(3)14(19)5-4-6-15(20)21/h13H,4-12H2,1-3H3,(H,20,21). The molecule has 1 saturated heterocycles. The van der Waals surface area contributed by atoms with E-state index < -0.39 is 5.97 Å². The SMILES string of the molecule is CN1CCC(N(C)CCN(C)C(=O)CCCC(=O)O)CC1. The van der Waals surface area contributed by atoms with Crippen LogP contribution in [0.1, 0.15) is 32.1 Å². The summed E-state index contributed by atoms with van der Waals surface area (Å²) in [5, 5.41) is 8.57. The van der Waals surface area contributed by atoms with Gasteiger partial charge in [-0.3, -0.25) is 9.59 Å². The van der Waals surface area contributed by atoms with Crippen molar-refractivity contribution in [3.05, 3.63) is 0 Å². The summed E-state index contributed by atoms with van der Waals surface area (Å²) < 4.78 is 0. The van der Waals surface area contributed by atoms with E-state index >= 15 is 0 Å². The van der Waals surface area contributed by atoms with Gasteiger partial charge < -0.3 is 19.8 Å². The zero-order chi connectivity index (χ0) is 15.8. The molecule has 122 valence electrons. The molecule has 1 heterocycles. The summed E-state index contributed by atoms with van der Waals surface area (Å²) in [5.41, 5.74) is 0. The second kappa shape index (κ2) is 9.00. The number of nitrogens with zero attached hydrogens (tertiary/aromatic N) is 3. The van der Waals surface area contributed by atoms with Gasteiger partial charge in [0.25, 0.3) is 0 Å². The number of carbonyl (C=O) groups is 2. The molecule has 0 aromatic carbocycles. The predicted octanol–water partition coefficient (Wildman–Crippen LogP) is 0.726. The van der Waals surface area contributed by atoms with Crippen LogP contribution in [0.25, 0.3) is 0 Å². The predicted molar refractivity (Wildman–Crippen MR) is 82.3 cm³/mol. The Hall–Kier alpha value is -1.14. The zero-order valence-electron chi connectivity index (χ0n) is 13.5. The minimum absolute atomic E-state index is 0.0352. The number of carboxylic acids is 1. The third-order valence-electron chi connectivity index (χ3n) is 4.31. The van der Waals surface area contributed by atoms with Crippen LogP contribution in [0.15, 0.2) is 0 Å². The van der Waals surface area contributed by atoms with Crippen LogP contribution in [0.5, 0.6) is 0 Å². The first kappa shape index (κ1) is 17.9. The van der Waals surface area contributed by atoms with Crippen molar-refractivity contribution >= 4 is 11.9 Å². The van der Waals surface area contributed by atoms with Gasteiger partial charge in [0.15, 0.2) is 0 Å². The summed E-state index contributed by atoms with van der Waals surface area (Å²) in [5.74, 6) is -0.805. The highest BCUT2D eigenvalue weighted by Crippen LogP contribution is 2.13. The summed E-state index contributed by atoms with van der Waals surface area (Å²) in [4.78, 5) is 28.7. The molecule has 1 aliphatic rings. The maximum atomic E-state index is 11.9. The van der Waals surface area contributed by atoms with Gasteiger partial charge in [0.05, 0.1) is 0 Å². The van der Waals surface area contributed by atoms with Crippen molar-refractivity contribution in [3.63, 3.8) is 0 Å². The van der Waals surface area contributed by atoms with Gasteiger partial charge in [0.2, 0.25) is 5.91 Å². The minimum Gasteiger partial charge on any atom is -0.481 e. The van der Waals surface area contributed by atoms with Gasteiger partial charge in [-0.1, -0.05) is 0 Å². The van der Waals surface area contributed by atoms with Gasteiger partial charge in [-0.05, 0) is 46.4 Å². The van der Waals surface area contributed by atoms with E-state index in [0.29, 0.717) is 25.4 Å². The first-order chi connectivity index (χ1) is 9.90. The van der Waals surface area contributed by atoms with Crippen LogP contribution >= 0.6 is 0 Å². The molecule has 1 amide bonds. The Morgan fingerprint density at radius 3 is 2.33 bits per heavy atom. The van der Waals surface area contributed by atoms with Crippen LogP contribution in [0.4, 0.5) is 0 Å². The minimum atomic E-state index is -0.840. The fourth-order valence-corrected chi connectivity index (χ4v) is 2.63. The average molecular weight is 299 g/mol. The number of carbonyl (C=O) groups excluding carboxylic acids is 1. The molecule has 1 rings (SSSR count). The number of carboxylic acid groups (broad SMARTS) is 1. The molecule has 21 heavy (non-hydrogen) atoms. The van der Waals surface area contributed by atoms with Crippen LogP contribution in [0.2, 0.25) is 0 Å². The van der Waals surface area contributed by atoms with Crippen LogP contribution in [-0.2, 0) is 9.59 Å². The lowest BCUT2D eigenvalue weighted by Gasteiger charge is -2.35. The average Bonchev–Trinajstić information content (AvgIpc) is 2.44. The van der Waals surface area contributed by atoms with Gasteiger partial charge in [-0.15, -0.1) is 0 Å². The maximum absolute atomic E-state index is 11.9. The summed E-state index contributed by atoms with van der Waals surface area (Å²) >= 11 is 0. The highest BCUT2D eigenvalue weighted by Gasteiger charge is 2.20. The first-order valence-electron chi connectivity index (χ1n) is 7.74. The van der Waals surface area contributed by atoms with E-state index in [0.717, 1.165) is 19.6 Å². The molecule has 0 aliphatic carbocycles. The van der Waals surface area contributed by atoms with Crippen molar-refractivity contribution in [3.8, 4) is 0 Å². The fraction of sp³-hybridized carbons (Fsp3) is 0.867. The van der Waals surface area contributed by atoms with Crippen molar-refractivity contribution in [1.82, 2.24) is 14.7 Å². The summed E-state index contributed by atoms with van der Waals surface area (Å²) in [6.07, 6.45) is 3.17. The van der Waals surface area contributed by atoms with E-state index in [-0.39, 0.29) is 12.3 Å². The third-order valence-corrected chi connectivity index (χ3v) is 4.31. The number of amides is 1. The molecular weight excluding hydrogens is 270 g/mol. The molecule has 6 nitrogen and oxygen atoms in total. The molecule has 0 aromatic heterocycles. The molecule has 0 aromatic rings. The van der Waals surface area contributed by atoms with Crippen LogP contribution in [-0.4, -0.2) is 85.0 Å². The summed E-state index contributed by atoms with van der Waals surface area (Å²) in [6.45, 7) is 3.85. The van der Waals surface area contributed by atoms with Gasteiger partial charge >= 0.3 is 5.97 Å². The van der Waals surface area contributed by atoms with Gasteiger partial charge in [-0.2, -0.15) is 0 Å². The second-order valence-corrected chi connectivity index (χ2v) is 6.08. The number of likely N-dealkylation sites (tertiary alicyclic amines) is 1. The largest absolute Gasteiger partial charge is 0.481 e. The number of aliphatic carboxylic acids is 1.